The normalized spacial score (nSPS) is 15.2. The average Bonchev–Trinajstić information content (AvgIpc) is 2.86. The molecule has 0 aliphatic carbocycles. The van der Waals surface area contributed by atoms with E-state index in [-0.39, 0.29) is 17.7 Å². The van der Waals surface area contributed by atoms with Crippen molar-refractivity contribution in [2.24, 2.45) is 5.92 Å². The van der Waals surface area contributed by atoms with Crippen LogP contribution >= 0.6 is 15.9 Å². The van der Waals surface area contributed by atoms with Gasteiger partial charge in [-0.1, -0.05) is 29.8 Å². The molecule has 0 spiro atoms. The zero-order valence-electron chi connectivity index (χ0n) is 11.1. The maximum Gasteiger partial charge on any atom is 0.272 e. The van der Waals surface area contributed by atoms with Gasteiger partial charge in [0.25, 0.3) is 5.91 Å². The number of carbonyl (C=O) groups is 2. The molecule has 1 aliphatic heterocycles. The molecule has 0 aromatic heterocycles. The molecule has 102 valence electrons. The number of rotatable bonds is 2. The predicted octanol–water partition coefficient (Wildman–Crippen LogP) is 2.69. The van der Waals surface area contributed by atoms with Crippen LogP contribution in [-0.4, -0.2) is 34.9 Å². The molecule has 1 heterocycles. The third-order valence-electron chi connectivity index (χ3n) is 3.11. The van der Waals surface area contributed by atoms with Gasteiger partial charge < -0.3 is 0 Å². The van der Waals surface area contributed by atoms with Gasteiger partial charge in [-0.25, -0.2) is 5.01 Å². The van der Waals surface area contributed by atoms with Gasteiger partial charge in [-0.2, -0.15) is 0 Å². The zero-order chi connectivity index (χ0) is 14.0. The minimum absolute atomic E-state index is 0.00274. The number of benzene rings is 1. The number of carbonyl (C=O) groups excluding carboxylic acids is 2. The first-order valence-electron chi connectivity index (χ1n) is 6.39. The monoisotopic (exact) mass is 324 g/mol. The lowest BCUT2D eigenvalue weighted by molar-refractivity contribution is -0.143. The Bertz CT molecular complexity index is 485. The van der Waals surface area contributed by atoms with Crippen molar-refractivity contribution in [2.75, 3.05) is 13.1 Å². The summed E-state index contributed by atoms with van der Waals surface area (Å²) in [6.45, 7) is 4.93. The van der Waals surface area contributed by atoms with Crippen LogP contribution in [0.1, 0.15) is 30.6 Å². The second-order valence-corrected chi connectivity index (χ2v) is 5.82. The Labute approximate surface area is 121 Å². The van der Waals surface area contributed by atoms with E-state index in [1.807, 2.05) is 26.0 Å². The molecule has 1 aromatic carbocycles. The van der Waals surface area contributed by atoms with Crippen molar-refractivity contribution >= 4 is 27.7 Å². The molecular formula is C14H17BrN2O2. The van der Waals surface area contributed by atoms with Crippen LogP contribution in [0.3, 0.4) is 0 Å². The summed E-state index contributed by atoms with van der Waals surface area (Å²) >= 11 is 3.34. The number of hydrazine groups is 1. The summed E-state index contributed by atoms with van der Waals surface area (Å²) in [5.74, 6) is -0.208. The number of amides is 2. The summed E-state index contributed by atoms with van der Waals surface area (Å²) in [5, 5.41) is 3.14. The Morgan fingerprint density at radius 1 is 1.11 bits per heavy atom. The fraction of sp³-hybridized carbons (Fsp3) is 0.429. The first kappa shape index (κ1) is 14.1. The highest BCUT2D eigenvalue weighted by molar-refractivity contribution is 9.10. The van der Waals surface area contributed by atoms with Gasteiger partial charge in [0, 0.05) is 29.0 Å². The van der Waals surface area contributed by atoms with E-state index >= 15 is 0 Å². The summed E-state index contributed by atoms with van der Waals surface area (Å²) in [6.07, 6.45) is 0.834. The molecule has 0 saturated carbocycles. The van der Waals surface area contributed by atoms with E-state index in [9.17, 15) is 9.59 Å². The lowest BCUT2D eigenvalue weighted by Crippen LogP contribution is -2.46. The first-order valence-corrected chi connectivity index (χ1v) is 7.18. The maximum atomic E-state index is 12.4. The summed E-state index contributed by atoms with van der Waals surface area (Å²) < 4.78 is 0.931. The molecule has 0 unspecified atom stereocenters. The summed E-state index contributed by atoms with van der Waals surface area (Å²) in [4.78, 5) is 24.5. The van der Waals surface area contributed by atoms with Crippen LogP contribution in [0.25, 0.3) is 0 Å². The number of hydrogen-bond acceptors (Lipinski definition) is 2. The Kier molecular flexibility index (Phi) is 4.24. The van der Waals surface area contributed by atoms with Gasteiger partial charge in [0.15, 0.2) is 0 Å². The Morgan fingerprint density at radius 2 is 1.68 bits per heavy atom. The molecule has 1 saturated heterocycles. The SMILES string of the molecule is CC(C)C(=O)N1CCCN1C(=O)c1ccc(Br)cc1. The molecule has 2 rings (SSSR count). The van der Waals surface area contributed by atoms with Crippen molar-refractivity contribution < 1.29 is 9.59 Å². The van der Waals surface area contributed by atoms with Crippen LogP contribution < -0.4 is 0 Å². The van der Waals surface area contributed by atoms with Crippen molar-refractivity contribution in [1.29, 1.82) is 0 Å². The Morgan fingerprint density at radius 3 is 2.26 bits per heavy atom. The second kappa shape index (κ2) is 5.74. The molecule has 0 radical (unpaired) electrons. The summed E-state index contributed by atoms with van der Waals surface area (Å²) in [5.41, 5.74) is 0.603. The number of halogens is 1. The van der Waals surface area contributed by atoms with E-state index < -0.39 is 0 Å². The van der Waals surface area contributed by atoms with Crippen molar-refractivity contribution in [2.45, 2.75) is 20.3 Å². The number of nitrogens with zero attached hydrogens (tertiary/aromatic N) is 2. The van der Waals surface area contributed by atoms with Crippen LogP contribution in [-0.2, 0) is 4.79 Å². The van der Waals surface area contributed by atoms with E-state index in [0.29, 0.717) is 18.7 Å². The average molecular weight is 325 g/mol. The largest absolute Gasteiger partial charge is 0.273 e. The molecule has 1 aliphatic rings. The van der Waals surface area contributed by atoms with Crippen LogP contribution in [0.5, 0.6) is 0 Å². The summed E-state index contributed by atoms with van der Waals surface area (Å²) in [7, 11) is 0. The third-order valence-corrected chi connectivity index (χ3v) is 3.63. The molecule has 0 atom stereocenters. The van der Waals surface area contributed by atoms with E-state index in [1.165, 1.54) is 0 Å². The van der Waals surface area contributed by atoms with Crippen LogP contribution in [0.4, 0.5) is 0 Å². The molecule has 0 bridgehead atoms. The van der Waals surface area contributed by atoms with E-state index in [0.717, 1.165) is 10.9 Å². The van der Waals surface area contributed by atoms with Crippen LogP contribution in [0.15, 0.2) is 28.7 Å². The molecule has 1 fully saturated rings. The minimum atomic E-state index is -0.112. The predicted molar refractivity (Wildman–Crippen MR) is 76.3 cm³/mol. The molecular weight excluding hydrogens is 308 g/mol. The van der Waals surface area contributed by atoms with E-state index in [1.54, 1.807) is 22.2 Å². The lowest BCUT2D eigenvalue weighted by Gasteiger charge is -2.29. The highest BCUT2D eigenvalue weighted by Gasteiger charge is 2.32. The molecule has 19 heavy (non-hydrogen) atoms. The van der Waals surface area contributed by atoms with Gasteiger partial charge in [-0.15, -0.1) is 0 Å². The molecule has 5 heteroatoms. The van der Waals surface area contributed by atoms with Gasteiger partial charge in [-0.05, 0) is 30.7 Å². The van der Waals surface area contributed by atoms with Crippen LogP contribution in [0, 0.1) is 5.92 Å². The standard InChI is InChI=1S/C14H17BrN2O2/c1-10(2)13(18)16-8-3-9-17(16)14(19)11-4-6-12(15)7-5-11/h4-7,10H,3,8-9H2,1-2H3. The van der Waals surface area contributed by atoms with Gasteiger partial charge in [-0.3, -0.25) is 14.6 Å². The van der Waals surface area contributed by atoms with Gasteiger partial charge in [0.1, 0.15) is 0 Å². The summed E-state index contributed by atoms with van der Waals surface area (Å²) in [6, 6.07) is 7.20. The van der Waals surface area contributed by atoms with E-state index in [4.69, 9.17) is 0 Å². The number of hydrogen-bond donors (Lipinski definition) is 0. The quantitative estimate of drug-likeness (QED) is 0.839. The fourth-order valence-electron chi connectivity index (χ4n) is 2.09. The second-order valence-electron chi connectivity index (χ2n) is 4.90. The van der Waals surface area contributed by atoms with Crippen molar-refractivity contribution in [3.63, 3.8) is 0 Å². The maximum absolute atomic E-state index is 12.4. The highest BCUT2D eigenvalue weighted by atomic mass is 79.9. The topological polar surface area (TPSA) is 40.6 Å². The van der Waals surface area contributed by atoms with Crippen molar-refractivity contribution in [3.05, 3.63) is 34.3 Å². The molecule has 1 aromatic rings. The fourth-order valence-corrected chi connectivity index (χ4v) is 2.36. The van der Waals surface area contributed by atoms with Crippen LogP contribution in [0.2, 0.25) is 0 Å². The Balaban J connectivity index is 2.18. The Hall–Kier alpha value is -1.36. The zero-order valence-corrected chi connectivity index (χ0v) is 12.7. The van der Waals surface area contributed by atoms with Gasteiger partial charge >= 0.3 is 0 Å². The minimum Gasteiger partial charge on any atom is -0.273 e. The first-order chi connectivity index (χ1) is 9.00. The highest BCUT2D eigenvalue weighted by Crippen LogP contribution is 2.19. The van der Waals surface area contributed by atoms with Crippen molar-refractivity contribution in [1.82, 2.24) is 10.0 Å². The third kappa shape index (κ3) is 2.97. The molecule has 4 nitrogen and oxygen atoms in total. The van der Waals surface area contributed by atoms with E-state index in [2.05, 4.69) is 15.9 Å². The van der Waals surface area contributed by atoms with Crippen molar-refractivity contribution in [3.8, 4) is 0 Å². The molecule has 2 amide bonds. The van der Waals surface area contributed by atoms with Gasteiger partial charge in [0.2, 0.25) is 5.91 Å². The smallest absolute Gasteiger partial charge is 0.272 e. The van der Waals surface area contributed by atoms with Gasteiger partial charge in [0.05, 0.1) is 0 Å². The molecule has 0 N–H and O–H groups in total. The lowest BCUT2D eigenvalue weighted by atomic mass is 10.2.